The van der Waals surface area contributed by atoms with Gasteiger partial charge in [0.25, 0.3) is 5.91 Å². The molecule has 1 heterocycles. The van der Waals surface area contributed by atoms with Crippen molar-refractivity contribution in [1.82, 2.24) is 9.80 Å². The third kappa shape index (κ3) is 4.10. The van der Waals surface area contributed by atoms with Gasteiger partial charge in [0.2, 0.25) is 0 Å². The summed E-state index contributed by atoms with van der Waals surface area (Å²) in [5.41, 5.74) is 0.628. The second-order valence-corrected chi connectivity index (χ2v) is 6.47. The first-order valence-corrected chi connectivity index (χ1v) is 8.35. The fraction of sp³-hybridized carbons (Fsp3) is 0.500. The van der Waals surface area contributed by atoms with E-state index in [4.69, 9.17) is 23.2 Å². The zero-order chi connectivity index (χ0) is 14.5. The van der Waals surface area contributed by atoms with E-state index >= 15 is 0 Å². The minimum Gasteiger partial charge on any atom is -0.337 e. The SMILES string of the molecule is O=C(c1cc(Cl)ccc1Br)N1CCCN(CCCl)CC1. The van der Waals surface area contributed by atoms with Crippen molar-refractivity contribution in [3.63, 3.8) is 0 Å². The lowest BCUT2D eigenvalue weighted by Crippen LogP contribution is -2.35. The van der Waals surface area contributed by atoms with Crippen LogP contribution in [0, 0.1) is 0 Å². The molecule has 0 bridgehead atoms. The fourth-order valence-corrected chi connectivity index (χ4v) is 3.18. The van der Waals surface area contributed by atoms with Gasteiger partial charge in [-0.2, -0.15) is 0 Å². The van der Waals surface area contributed by atoms with Gasteiger partial charge in [-0.1, -0.05) is 11.6 Å². The third-order valence-electron chi connectivity index (χ3n) is 3.44. The van der Waals surface area contributed by atoms with Crippen LogP contribution >= 0.6 is 39.1 Å². The summed E-state index contributed by atoms with van der Waals surface area (Å²) < 4.78 is 0.786. The summed E-state index contributed by atoms with van der Waals surface area (Å²) in [4.78, 5) is 16.8. The van der Waals surface area contributed by atoms with Crippen molar-refractivity contribution in [3.05, 3.63) is 33.3 Å². The van der Waals surface area contributed by atoms with E-state index in [0.717, 1.165) is 43.6 Å². The molecule has 1 aliphatic rings. The smallest absolute Gasteiger partial charge is 0.255 e. The number of hydrogen-bond acceptors (Lipinski definition) is 2. The van der Waals surface area contributed by atoms with Gasteiger partial charge < -0.3 is 9.80 Å². The first-order chi connectivity index (χ1) is 9.61. The van der Waals surface area contributed by atoms with Crippen molar-refractivity contribution >= 4 is 45.0 Å². The highest BCUT2D eigenvalue weighted by molar-refractivity contribution is 9.10. The average Bonchev–Trinajstić information content (AvgIpc) is 2.67. The van der Waals surface area contributed by atoms with Crippen LogP contribution in [0.2, 0.25) is 5.02 Å². The quantitative estimate of drug-likeness (QED) is 0.750. The molecule has 0 aliphatic carbocycles. The Hall–Kier alpha value is -0.290. The van der Waals surface area contributed by atoms with Crippen molar-refractivity contribution in [3.8, 4) is 0 Å². The molecule has 0 saturated carbocycles. The molecule has 1 aromatic rings. The molecular weight excluding hydrogens is 363 g/mol. The van der Waals surface area contributed by atoms with Gasteiger partial charge in [0.15, 0.2) is 0 Å². The van der Waals surface area contributed by atoms with Gasteiger partial charge in [-0.3, -0.25) is 4.79 Å². The Balaban J connectivity index is 2.07. The summed E-state index contributed by atoms with van der Waals surface area (Å²) >= 11 is 15.2. The highest BCUT2D eigenvalue weighted by Gasteiger charge is 2.21. The van der Waals surface area contributed by atoms with Gasteiger partial charge in [-0.25, -0.2) is 0 Å². The maximum Gasteiger partial charge on any atom is 0.255 e. The largest absolute Gasteiger partial charge is 0.337 e. The molecule has 1 saturated heterocycles. The van der Waals surface area contributed by atoms with Gasteiger partial charge in [0.1, 0.15) is 0 Å². The van der Waals surface area contributed by atoms with Crippen LogP contribution in [0.5, 0.6) is 0 Å². The normalized spacial score (nSPS) is 17.1. The van der Waals surface area contributed by atoms with Crippen molar-refractivity contribution in [1.29, 1.82) is 0 Å². The Kier molecular flexibility index (Phi) is 6.15. The molecule has 0 atom stereocenters. The number of halogens is 3. The molecule has 0 unspecified atom stereocenters. The lowest BCUT2D eigenvalue weighted by atomic mass is 10.2. The molecule has 20 heavy (non-hydrogen) atoms. The van der Waals surface area contributed by atoms with Gasteiger partial charge >= 0.3 is 0 Å². The van der Waals surface area contributed by atoms with Crippen molar-refractivity contribution in [2.24, 2.45) is 0 Å². The number of amides is 1. The van der Waals surface area contributed by atoms with Crippen LogP contribution in [-0.2, 0) is 0 Å². The molecule has 6 heteroatoms. The van der Waals surface area contributed by atoms with Gasteiger partial charge in [-0.15, -0.1) is 11.6 Å². The molecule has 0 aromatic heterocycles. The molecule has 0 N–H and O–H groups in total. The van der Waals surface area contributed by atoms with Crippen LogP contribution in [0.15, 0.2) is 22.7 Å². The molecule has 0 spiro atoms. The maximum absolute atomic E-state index is 12.6. The Morgan fingerprint density at radius 1 is 1.25 bits per heavy atom. The monoisotopic (exact) mass is 378 g/mol. The molecular formula is C14H17BrCl2N2O. The minimum atomic E-state index is 0.0344. The standard InChI is InChI=1S/C14H17BrCl2N2O/c15-13-3-2-11(17)10-12(13)14(20)19-6-1-5-18(7-4-16)8-9-19/h2-3,10H,1,4-9H2. The number of benzene rings is 1. The summed E-state index contributed by atoms with van der Waals surface area (Å²) in [5.74, 6) is 0.667. The summed E-state index contributed by atoms with van der Waals surface area (Å²) in [6.45, 7) is 4.25. The second-order valence-electron chi connectivity index (χ2n) is 4.80. The predicted molar refractivity (Wildman–Crippen MR) is 86.8 cm³/mol. The number of rotatable bonds is 3. The average molecular weight is 380 g/mol. The van der Waals surface area contributed by atoms with E-state index in [1.165, 1.54) is 0 Å². The van der Waals surface area contributed by atoms with E-state index in [1.54, 1.807) is 12.1 Å². The van der Waals surface area contributed by atoms with Crippen molar-refractivity contribution < 1.29 is 4.79 Å². The Morgan fingerprint density at radius 2 is 2.05 bits per heavy atom. The highest BCUT2D eigenvalue weighted by atomic mass is 79.9. The topological polar surface area (TPSA) is 23.6 Å². The molecule has 110 valence electrons. The predicted octanol–water partition coefficient (Wildman–Crippen LogP) is 3.49. The van der Waals surface area contributed by atoms with Crippen molar-refractivity contribution in [2.75, 3.05) is 38.6 Å². The van der Waals surface area contributed by atoms with E-state index in [-0.39, 0.29) is 5.91 Å². The molecule has 1 aromatic carbocycles. The van der Waals surface area contributed by atoms with E-state index < -0.39 is 0 Å². The van der Waals surface area contributed by atoms with E-state index in [1.807, 2.05) is 11.0 Å². The summed E-state index contributed by atoms with van der Waals surface area (Å²) in [6, 6.07) is 5.30. The zero-order valence-electron chi connectivity index (χ0n) is 11.1. The first-order valence-electron chi connectivity index (χ1n) is 6.64. The van der Waals surface area contributed by atoms with Crippen LogP contribution in [0.3, 0.4) is 0 Å². The van der Waals surface area contributed by atoms with E-state index in [0.29, 0.717) is 16.5 Å². The lowest BCUT2D eigenvalue weighted by Gasteiger charge is -2.22. The molecule has 3 nitrogen and oxygen atoms in total. The zero-order valence-corrected chi connectivity index (χ0v) is 14.2. The van der Waals surface area contributed by atoms with Crippen LogP contribution in [0.25, 0.3) is 0 Å². The molecule has 1 aliphatic heterocycles. The summed E-state index contributed by atoms with van der Waals surface area (Å²) in [6.07, 6.45) is 0.973. The van der Waals surface area contributed by atoms with Crippen LogP contribution in [0.1, 0.15) is 16.8 Å². The first kappa shape index (κ1) is 16.1. The maximum atomic E-state index is 12.6. The minimum absolute atomic E-state index is 0.0344. The Morgan fingerprint density at radius 3 is 2.80 bits per heavy atom. The molecule has 0 radical (unpaired) electrons. The summed E-state index contributed by atoms with van der Waals surface area (Å²) in [5, 5.41) is 0.579. The fourth-order valence-electron chi connectivity index (χ4n) is 2.35. The van der Waals surface area contributed by atoms with Crippen LogP contribution in [-0.4, -0.2) is 54.3 Å². The molecule has 2 rings (SSSR count). The number of alkyl halides is 1. The number of carbonyl (C=O) groups excluding carboxylic acids is 1. The number of nitrogens with zero attached hydrogens (tertiary/aromatic N) is 2. The third-order valence-corrected chi connectivity index (χ3v) is 4.53. The lowest BCUT2D eigenvalue weighted by molar-refractivity contribution is 0.0761. The molecule has 1 amide bonds. The van der Waals surface area contributed by atoms with Crippen LogP contribution in [0.4, 0.5) is 0 Å². The van der Waals surface area contributed by atoms with Crippen molar-refractivity contribution in [2.45, 2.75) is 6.42 Å². The summed E-state index contributed by atoms with van der Waals surface area (Å²) in [7, 11) is 0. The highest BCUT2D eigenvalue weighted by Crippen LogP contribution is 2.23. The molecule has 1 fully saturated rings. The van der Waals surface area contributed by atoms with Gasteiger partial charge in [-0.05, 0) is 47.1 Å². The number of hydrogen-bond donors (Lipinski definition) is 0. The van der Waals surface area contributed by atoms with Gasteiger partial charge in [0, 0.05) is 41.6 Å². The second kappa shape index (κ2) is 7.64. The van der Waals surface area contributed by atoms with Crippen LogP contribution < -0.4 is 0 Å². The van der Waals surface area contributed by atoms with E-state index in [2.05, 4.69) is 20.8 Å². The van der Waals surface area contributed by atoms with Gasteiger partial charge in [0.05, 0.1) is 5.56 Å². The number of carbonyl (C=O) groups is 1. The Bertz CT molecular complexity index is 484. The van der Waals surface area contributed by atoms with E-state index in [9.17, 15) is 4.79 Å². The Labute approximate surface area is 138 Å².